The minimum absolute atomic E-state index is 0.148. The first-order valence-corrected chi connectivity index (χ1v) is 7.23. The van der Waals surface area contributed by atoms with Crippen molar-refractivity contribution in [2.24, 2.45) is 5.92 Å². The van der Waals surface area contributed by atoms with Crippen LogP contribution < -0.4 is 5.32 Å². The second-order valence-corrected chi connectivity index (χ2v) is 5.62. The Hall–Kier alpha value is -0.570. The lowest BCUT2D eigenvalue weighted by Gasteiger charge is -2.28. The molecule has 1 amide bonds. The number of hydrogen-bond donors (Lipinski definition) is 1. The summed E-state index contributed by atoms with van der Waals surface area (Å²) in [6, 6.07) is 0.854. The van der Waals surface area contributed by atoms with E-state index in [9.17, 15) is 4.79 Å². The molecule has 17 heavy (non-hydrogen) atoms. The van der Waals surface area contributed by atoms with Crippen LogP contribution >= 0.6 is 0 Å². The molecule has 0 aromatic heterocycles. The Morgan fingerprint density at radius 2 is 2.00 bits per heavy atom. The highest BCUT2D eigenvalue weighted by Crippen LogP contribution is 2.34. The van der Waals surface area contributed by atoms with E-state index >= 15 is 0 Å². The van der Waals surface area contributed by atoms with E-state index in [0.29, 0.717) is 6.04 Å². The first-order valence-electron chi connectivity index (χ1n) is 7.23. The summed E-state index contributed by atoms with van der Waals surface area (Å²) in [4.78, 5) is 14.5. The van der Waals surface area contributed by atoms with Gasteiger partial charge in [-0.05, 0) is 44.6 Å². The predicted molar refractivity (Wildman–Crippen MR) is 69.8 cm³/mol. The van der Waals surface area contributed by atoms with Gasteiger partial charge in [0, 0.05) is 13.1 Å². The Labute approximate surface area is 105 Å². The molecule has 1 saturated carbocycles. The topological polar surface area (TPSA) is 32.3 Å². The third kappa shape index (κ3) is 3.21. The average Bonchev–Trinajstić information content (AvgIpc) is 3.14. The fraction of sp³-hybridized carbons (Fsp3) is 0.929. The van der Waals surface area contributed by atoms with E-state index in [2.05, 4.69) is 17.1 Å². The number of hydrogen-bond acceptors (Lipinski definition) is 2. The van der Waals surface area contributed by atoms with Crippen molar-refractivity contribution in [3.8, 4) is 0 Å². The van der Waals surface area contributed by atoms with Crippen LogP contribution in [0.5, 0.6) is 0 Å². The van der Waals surface area contributed by atoms with E-state index in [-0.39, 0.29) is 11.9 Å². The molecule has 0 aromatic carbocycles. The van der Waals surface area contributed by atoms with E-state index < -0.39 is 0 Å². The van der Waals surface area contributed by atoms with Crippen LogP contribution in [0, 0.1) is 5.92 Å². The number of likely N-dealkylation sites (N-methyl/N-ethyl adjacent to an activating group) is 1. The molecule has 0 bridgehead atoms. The minimum atomic E-state index is 0.148. The highest BCUT2D eigenvalue weighted by Gasteiger charge is 2.38. The number of rotatable bonds is 4. The molecule has 1 N–H and O–H groups in total. The molecule has 0 spiro atoms. The molecule has 1 aliphatic carbocycles. The van der Waals surface area contributed by atoms with Gasteiger partial charge in [-0.25, -0.2) is 0 Å². The van der Waals surface area contributed by atoms with Crippen LogP contribution in [0.1, 0.15) is 51.9 Å². The highest BCUT2D eigenvalue weighted by molar-refractivity contribution is 5.81. The van der Waals surface area contributed by atoms with E-state index in [1.807, 2.05) is 0 Å². The standard InChI is InChI=1S/C14H26N2O/c1-3-4-11-5-8-13(14(17)15-2)16(10-9-11)12-6-7-12/h11-13H,3-10H2,1-2H3,(H,15,17)/t11?,13-/m0/s1. The smallest absolute Gasteiger partial charge is 0.237 e. The molecular weight excluding hydrogens is 212 g/mol. The van der Waals surface area contributed by atoms with Gasteiger partial charge in [-0.15, -0.1) is 0 Å². The second kappa shape index (κ2) is 5.85. The van der Waals surface area contributed by atoms with Crippen molar-refractivity contribution in [1.29, 1.82) is 0 Å². The normalized spacial score (nSPS) is 30.9. The molecule has 2 atom stereocenters. The van der Waals surface area contributed by atoms with Crippen molar-refractivity contribution >= 4 is 5.91 Å². The first-order chi connectivity index (χ1) is 8.26. The molecule has 2 fully saturated rings. The highest BCUT2D eigenvalue weighted by atomic mass is 16.2. The summed E-state index contributed by atoms with van der Waals surface area (Å²) in [5, 5.41) is 2.84. The van der Waals surface area contributed by atoms with Crippen LogP contribution in [-0.2, 0) is 4.79 Å². The van der Waals surface area contributed by atoms with Crippen molar-refractivity contribution in [3.63, 3.8) is 0 Å². The minimum Gasteiger partial charge on any atom is -0.358 e. The maximum absolute atomic E-state index is 12.0. The van der Waals surface area contributed by atoms with Crippen molar-refractivity contribution in [2.45, 2.75) is 64.0 Å². The van der Waals surface area contributed by atoms with Gasteiger partial charge in [0.05, 0.1) is 6.04 Å². The number of nitrogens with zero attached hydrogens (tertiary/aromatic N) is 1. The Kier molecular flexibility index (Phi) is 4.43. The van der Waals surface area contributed by atoms with Crippen LogP contribution in [0.15, 0.2) is 0 Å². The number of likely N-dealkylation sites (tertiary alicyclic amines) is 1. The Balaban J connectivity index is 1.98. The van der Waals surface area contributed by atoms with Gasteiger partial charge in [0.1, 0.15) is 0 Å². The van der Waals surface area contributed by atoms with Crippen LogP contribution in [0.3, 0.4) is 0 Å². The number of nitrogens with one attached hydrogen (secondary N) is 1. The van der Waals surface area contributed by atoms with Crippen molar-refractivity contribution < 1.29 is 4.79 Å². The van der Waals surface area contributed by atoms with Crippen LogP contribution in [0.25, 0.3) is 0 Å². The summed E-state index contributed by atoms with van der Waals surface area (Å²) in [5.41, 5.74) is 0. The molecule has 98 valence electrons. The predicted octanol–water partition coefficient (Wildman–Crippen LogP) is 2.17. The summed E-state index contributed by atoms with van der Waals surface area (Å²) < 4.78 is 0. The van der Waals surface area contributed by atoms with Gasteiger partial charge in [0.2, 0.25) is 5.91 Å². The second-order valence-electron chi connectivity index (χ2n) is 5.62. The zero-order chi connectivity index (χ0) is 12.3. The lowest BCUT2D eigenvalue weighted by molar-refractivity contribution is -0.126. The zero-order valence-electron chi connectivity index (χ0n) is 11.2. The third-order valence-electron chi connectivity index (χ3n) is 4.31. The first kappa shape index (κ1) is 12.9. The molecule has 2 rings (SSSR count). The lowest BCUT2D eigenvalue weighted by Crippen LogP contribution is -2.46. The number of amides is 1. The lowest BCUT2D eigenvalue weighted by atomic mass is 9.94. The summed E-state index contributed by atoms with van der Waals surface area (Å²) >= 11 is 0. The molecular formula is C14H26N2O. The number of carbonyl (C=O) groups is 1. The zero-order valence-corrected chi connectivity index (χ0v) is 11.2. The molecule has 1 aliphatic heterocycles. The van der Waals surface area contributed by atoms with Crippen molar-refractivity contribution in [3.05, 3.63) is 0 Å². The number of carbonyl (C=O) groups excluding carboxylic acids is 1. The van der Waals surface area contributed by atoms with Gasteiger partial charge >= 0.3 is 0 Å². The van der Waals surface area contributed by atoms with Gasteiger partial charge in [-0.2, -0.15) is 0 Å². The Morgan fingerprint density at radius 1 is 1.24 bits per heavy atom. The van der Waals surface area contributed by atoms with E-state index in [1.165, 1.54) is 38.5 Å². The molecule has 1 heterocycles. The van der Waals surface area contributed by atoms with Gasteiger partial charge in [-0.3, -0.25) is 9.69 Å². The SMILES string of the molecule is CCCC1CC[C@@H](C(=O)NC)N(C2CC2)CC1. The van der Waals surface area contributed by atoms with E-state index in [1.54, 1.807) is 7.05 Å². The van der Waals surface area contributed by atoms with Gasteiger partial charge in [0.25, 0.3) is 0 Å². The fourth-order valence-corrected chi connectivity index (χ4v) is 3.18. The molecule has 1 unspecified atom stereocenters. The van der Waals surface area contributed by atoms with Crippen LogP contribution in [-0.4, -0.2) is 36.5 Å². The summed E-state index contributed by atoms with van der Waals surface area (Å²) in [6.07, 6.45) is 8.78. The van der Waals surface area contributed by atoms with E-state index in [4.69, 9.17) is 0 Å². The third-order valence-corrected chi connectivity index (χ3v) is 4.31. The molecule has 1 saturated heterocycles. The molecule has 3 heteroatoms. The fourth-order valence-electron chi connectivity index (χ4n) is 3.18. The van der Waals surface area contributed by atoms with Crippen molar-refractivity contribution in [1.82, 2.24) is 10.2 Å². The van der Waals surface area contributed by atoms with Crippen LogP contribution in [0.4, 0.5) is 0 Å². The molecule has 2 aliphatic rings. The quantitative estimate of drug-likeness (QED) is 0.814. The van der Waals surface area contributed by atoms with Crippen molar-refractivity contribution in [2.75, 3.05) is 13.6 Å². The largest absolute Gasteiger partial charge is 0.358 e. The van der Waals surface area contributed by atoms with Crippen LogP contribution in [0.2, 0.25) is 0 Å². The Bertz CT molecular complexity index is 263. The monoisotopic (exact) mass is 238 g/mol. The maximum atomic E-state index is 12.0. The maximum Gasteiger partial charge on any atom is 0.237 e. The van der Waals surface area contributed by atoms with Gasteiger partial charge < -0.3 is 5.32 Å². The summed E-state index contributed by atoms with van der Waals surface area (Å²) in [7, 11) is 1.77. The van der Waals surface area contributed by atoms with E-state index in [0.717, 1.165) is 18.9 Å². The summed E-state index contributed by atoms with van der Waals surface area (Å²) in [5.74, 6) is 1.07. The van der Waals surface area contributed by atoms with Gasteiger partial charge in [0.15, 0.2) is 0 Å². The Morgan fingerprint density at radius 3 is 2.59 bits per heavy atom. The summed E-state index contributed by atoms with van der Waals surface area (Å²) in [6.45, 7) is 3.40. The average molecular weight is 238 g/mol. The molecule has 3 nitrogen and oxygen atoms in total. The van der Waals surface area contributed by atoms with Gasteiger partial charge in [-0.1, -0.05) is 19.8 Å². The molecule has 0 radical (unpaired) electrons. The molecule has 0 aromatic rings.